The smallest absolute Gasteiger partial charge is 0.387 e. The topological polar surface area (TPSA) is 64.6 Å². The van der Waals surface area contributed by atoms with Gasteiger partial charge in [0.05, 0.1) is 11.4 Å². The van der Waals surface area contributed by atoms with Crippen LogP contribution in [0.2, 0.25) is 5.02 Å². The number of anilines is 1. The van der Waals surface area contributed by atoms with Crippen molar-refractivity contribution >= 4 is 40.9 Å². The first-order chi connectivity index (χ1) is 13.0. The van der Waals surface area contributed by atoms with Gasteiger partial charge in [-0.1, -0.05) is 41.9 Å². The van der Waals surface area contributed by atoms with E-state index in [4.69, 9.17) is 16.3 Å². The molecule has 0 saturated carbocycles. The lowest BCUT2D eigenvalue weighted by atomic mass is 10.2. The molecule has 144 valence electrons. The predicted octanol–water partition coefficient (Wildman–Crippen LogP) is 4.36. The second kappa shape index (κ2) is 10.7. The number of ether oxygens (including phenoxy) is 2. The van der Waals surface area contributed by atoms with Gasteiger partial charge in [0.15, 0.2) is 6.61 Å². The van der Waals surface area contributed by atoms with E-state index in [1.54, 1.807) is 12.1 Å². The molecule has 0 fully saturated rings. The van der Waals surface area contributed by atoms with Gasteiger partial charge in [0.1, 0.15) is 5.75 Å². The molecule has 0 atom stereocenters. The van der Waals surface area contributed by atoms with Crippen molar-refractivity contribution in [1.82, 2.24) is 0 Å². The van der Waals surface area contributed by atoms with Crippen LogP contribution < -0.4 is 10.1 Å². The van der Waals surface area contributed by atoms with Crippen molar-refractivity contribution in [2.75, 3.05) is 17.7 Å². The molecule has 0 bridgehead atoms. The fourth-order valence-electron chi connectivity index (χ4n) is 2.00. The number of esters is 1. The monoisotopic (exact) mass is 415 g/mol. The van der Waals surface area contributed by atoms with Crippen molar-refractivity contribution in [3.63, 3.8) is 0 Å². The lowest BCUT2D eigenvalue weighted by Gasteiger charge is -2.11. The van der Waals surface area contributed by atoms with E-state index >= 15 is 0 Å². The summed E-state index contributed by atoms with van der Waals surface area (Å²) in [6.45, 7) is -3.55. The zero-order valence-electron chi connectivity index (χ0n) is 14.0. The zero-order chi connectivity index (χ0) is 19.6. The highest BCUT2D eigenvalue weighted by molar-refractivity contribution is 7.99. The Morgan fingerprint density at radius 1 is 1.11 bits per heavy atom. The fourth-order valence-corrected chi connectivity index (χ4v) is 3.11. The molecule has 0 spiro atoms. The second-order valence-electron chi connectivity index (χ2n) is 5.17. The van der Waals surface area contributed by atoms with Crippen LogP contribution in [0.3, 0.4) is 0 Å². The summed E-state index contributed by atoms with van der Waals surface area (Å²) < 4.78 is 33.9. The Labute approximate surface area is 164 Å². The molecule has 0 aliphatic heterocycles. The van der Waals surface area contributed by atoms with Crippen molar-refractivity contribution in [1.29, 1.82) is 0 Å². The molecular formula is C18H16ClF2NO4S. The van der Waals surface area contributed by atoms with Crippen LogP contribution >= 0.6 is 23.4 Å². The Bertz CT molecular complexity index is 791. The average Bonchev–Trinajstić information content (AvgIpc) is 2.63. The predicted molar refractivity (Wildman–Crippen MR) is 100 cm³/mol. The molecule has 0 aromatic heterocycles. The Morgan fingerprint density at radius 2 is 1.81 bits per heavy atom. The number of hydrogen-bond donors (Lipinski definition) is 1. The summed E-state index contributed by atoms with van der Waals surface area (Å²) in [7, 11) is 0. The van der Waals surface area contributed by atoms with E-state index in [0.29, 0.717) is 10.8 Å². The molecule has 27 heavy (non-hydrogen) atoms. The molecule has 5 nitrogen and oxygen atoms in total. The van der Waals surface area contributed by atoms with Gasteiger partial charge in [-0.25, -0.2) is 0 Å². The fraction of sp³-hybridized carbons (Fsp3) is 0.222. The summed E-state index contributed by atoms with van der Waals surface area (Å²) in [4.78, 5) is 23.5. The molecule has 2 rings (SSSR count). The number of benzene rings is 2. The largest absolute Gasteiger partial charge is 0.455 e. The Morgan fingerprint density at radius 3 is 2.56 bits per heavy atom. The van der Waals surface area contributed by atoms with Crippen molar-refractivity contribution < 1.29 is 27.8 Å². The number of rotatable bonds is 9. The standard InChI is InChI=1S/C18H16ClF2NO4S/c19-13-6-2-1-5-12(13)10-27-11-17(24)25-9-16(23)22-14-7-3-4-8-15(14)26-18(20)21/h1-8,18H,9-11H2,(H,22,23). The van der Waals surface area contributed by atoms with Gasteiger partial charge in [0.25, 0.3) is 5.91 Å². The van der Waals surface area contributed by atoms with Crippen LogP contribution in [0.1, 0.15) is 5.56 Å². The Kier molecular flexibility index (Phi) is 8.35. The molecule has 0 heterocycles. The van der Waals surface area contributed by atoms with E-state index in [0.717, 1.165) is 5.56 Å². The third-order valence-corrected chi connectivity index (χ3v) is 4.50. The van der Waals surface area contributed by atoms with Gasteiger partial charge in [0.2, 0.25) is 0 Å². The number of para-hydroxylation sites is 2. The average molecular weight is 416 g/mol. The van der Waals surface area contributed by atoms with Crippen LogP contribution in [-0.4, -0.2) is 30.8 Å². The number of carbonyl (C=O) groups is 2. The SMILES string of the molecule is O=C(COC(=O)CSCc1ccccc1Cl)Nc1ccccc1OC(F)F. The summed E-state index contributed by atoms with van der Waals surface area (Å²) >= 11 is 7.32. The summed E-state index contributed by atoms with van der Waals surface area (Å²) in [6, 6.07) is 13.0. The highest BCUT2D eigenvalue weighted by Gasteiger charge is 2.13. The van der Waals surface area contributed by atoms with Gasteiger partial charge in [0, 0.05) is 10.8 Å². The van der Waals surface area contributed by atoms with Gasteiger partial charge in [-0.2, -0.15) is 8.78 Å². The number of amides is 1. The maximum Gasteiger partial charge on any atom is 0.387 e. The van der Waals surface area contributed by atoms with Crippen molar-refractivity contribution in [2.45, 2.75) is 12.4 Å². The summed E-state index contributed by atoms with van der Waals surface area (Å²) in [5.41, 5.74) is 0.956. The minimum Gasteiger partial charge on any atom is -0.455 e. The van der Waals surface area contributed by atoms with Crippen LogP contribution in [0.15, 0.2) is 48.5 Å². The van der Waals surface area contributed by atoms with Gasteiger partial charge in [-0.05, 0) is 23.8 Å². The lowest BCUT2D eigenvalue weighted by Crippen LogP contribution is -2.22. The number of hydrogen-bond acceptors (Lipinski definition) is 5. The van der Waals surface area contributed by atoms with Crippen molar-refractivity contribution in [2.24, 2.45) is 0 Å². The highest BCUT2D eigenvalue weighted by atomic mass is 35.5. The number of halogens is 3. The Hall–Kier alpha value is -2.32. The van der Waals surface area contributed by atoms with E-state index in [-0.39, 0.29) is 17.2 Å². The summed E-state index contributed by atoms with van der Waals surface area (Å²) in [5, 5.41) is 2.98. The molecule has 0 saturated heterocycles. The molecule has 2 aromatic rings. The molecule has 0 aliphatic rings. The highest BCUT2D eigenvalue weighted by Crippen LogP contribution is 2.25. The minimum atomic E-state index is -3.02. The molecule has 0 radical (unpaired) electrons. The zero-order valence-corrected chi connectivity index (χ0v) is 15.6. The maximum atomic E-state index is 12.3. The van der Waals surface area contributed by atoms with Gasteiger partial charge >= 0.3 is 12.6 Å². The number of nitrogens with one attached hydrogen (secondary N) is 1. The first-order valence-electron chi connectivity index (χ1n) is 7.76. The molecule has 0 aliphatic carbocycles. The first kappa shape index (κ1) is 21.0. The molecular weight excluding hydrogens is 400 g/mol. The van der Waals surface area contributed by atoms with Gasteiger partial charge < -0.3 is 14.8 Å². The summed E-state index contributed by atoms with van der Waals surface area (Å²) in [6.07, 6.45) is 0. The van der Waals surface area contributed by atoms with Gasteiger partial charge in [-0.3, -0.25) is 9.59 Å². The van der Waals surface area contributed by atoms with Crippen molar-refractivity contribution in [3.8, 4) is 5.75 Å². The van der Waals surface area contributed by atoms with E-state index in [2.05, 4.69) is 10.1 Å². The first-order valence-corrected chi connectivity index (χ1v) is 9.29. The third kappa shape index (κ3) is 7.44. The van der Waals surface area contributed by atoms with Gasteiger partial charge in [-0.15, -0.1) is 11.8 Å². The number of carbonyl (C=O) groups excluding carboxylic acids is 2. The van der Waals surface area contributed by atoms with Crippen LogP contribution in [0, 0.1) is 0 Å². The summed E-state index contributed by atoms with van der Waals surface area (Å²) in [5.74, 6) is -0.838. The second-order valence-corrected chi connectivity index (χ2v) is 6.56. The van der Waals surface area contributed by atoms with E-state index in [1.807, 2.05) is 18.2 Å². The molecule has 9 heteroatoms. The van der Waals surface area contributed by atoms with Crippen LogP contribution in [-0.2, 0) is 20.1 Å². The molecule has 2 aromatic carbocycles. The lowest BCUT2D eigenvalue weighted by molar-refractivity contribution is -0.144. The number of alkyl halides is 2. The molecule has 1 amide bonds. The van der Waals surface area contributed by atoms with Crippen LogP contribution in [0.25, 0.3) is 0 Å². The van der Waals surface area contributed by atoms with E-state index < -0.39 is 25.1 Å². The molecule has 1 N–H and O–H groups in total. The third-order valence-electron chi connectivity index (χ3n) is 3.18. The maximum absolute atomic E-state index is 12.3. The Balaban J connectivity index is 1.74. The van der Waals surface area contributed by atoms with Crippen LogP contribution in [0.4, 0.5) is 14.5 Å². The normalized spacial score (nSPS) is 10.5. The van der Waals surface area contributed by atoms with Crippen LogP contribution in [0.5, 0.6) is 5.75 Å². The minimum absolute atomic E-state index is 0.0452. The molecule has 0 unspecified atom stereocenters. The van der Waals surface area contributed by atoms with E-state index in [1.165, 1.54) is 30.0 Å². The quantitative estimate of drug-likeness (QED) is 0.616. The van der Waals surface area contributed by atoms with Crippen molar-refractivity contribution in [3.05, 3.63) is 59.1 Å². The van der Waals surface area contributed by atoms with E-state index in [9.17, 15) is 18.4 Å². The number of thioether (sulfide) groups is 1.